The van der Waals surface area contributed by atoms with Crippen LogP contribution in [0.5, 0.6) is 5.88 Å². The SMILES string of the molecule is COc1ccc2[nH]c(=O)n(C3CCN(C4CCC(c5ccc(Br)cc5)(S(=O)(=O)c5ccc(C(F)(F)F)cc5)CC4)CC3)c2n1. The number of imidazole rings is 1. The van der Waals surface area contributed by atoms with E-state index in [0.29, 0.717) is 48.3 Å². The molecule has 0 amide bonds. The number of nitrogens with one attached hydrogen (secondary N) is 1. The third-order valence-electron chi connectivity index (χ3n) is 9.27. The Labute approximate surface area is 261 Å². The van der Waals surface area contributed by atoms with Crippen LogP contribution in [0.15, 0.2) is 74.8 Å². The molecule has 1 N–H and O–H groups in total. The number of halogens is 4. The van der Waals surface area contributed by atoms with Crippen LogP contribution in [0.3, 0.4) is 0 Å². The lowest BCUT2D eigenvalue weighted by molar-refractivity contribution is -0.137. The van der Waals surface area contributed by atoms with Gasteiger partial charge < -0.3 is 14.6 Å². The highest BCUT2D eigenvalue weighted by molar-refractivity contribution is 9.10. The van der Waals surface area contributed by atoms with Crippen LogP contribution in [-0.4, -0.2) is 54.1 Å². The number of hydrogen-bond donors (Lipinski definition) is 1. The Morgan fingerprint density at radius 1 is 0.932 bits per heavy atom. The molecule has 1 aliphatic carbocycles. The largest absolute Gasteiger partial charge is 0.481 e. The van der Waals surface area contributed by atoms with Crippen LogP contribution in [0.1, 0.15) is 55.7 Å². The van der Waals surface area contributed by atoms with Gasteiger partial charge >= 0.3 is 11.9 Å². The summed E-state index contributed by atoms with van der Waals surface area (Å²) in [5.74, 6) is 0.436. The quantitative estimate of drug-likeness (QED) is 0.249. The zero-order chi connectivity index (χ0) is 31.3. The molecule has 2 fully saturated rings. The molecule has 6 rings (SSSR count). The summed E-state index contributed by atoms with van der Waals surface area (Å²) in [4.78, 5) is 22.5. The van der Waals surface area contributed by atoms with Crippen LogP contribution >= 0.6 is 15.9 Å². The first-order valence-electron chi connectivity index (χ1n) is 14.5. The highest BCUT2D eigenvalue weighted by Gasteiger charge is 2.49. The Bertz CT molecular complexity index is 1810. The van der Waals surface area contributed by atoms with E-state index in [4.69, 9.17) is 4.74 Å². The van der Waals surface area contributed by atoms with Gasteiger partial charge in [-0.3, -0.25) is 4.57 Å². The highest BCUT2D eigenvalue weighted by atomic mass is 79.9. The van der Waals surface area contributed by atoms with Crippen LogP contribution in [0.2, 0.25) is 0 Å². The van der Waals surface area contributed by atoms with E-state index in [1.807, 2.05) is 0 Å². The van der Waals surface area contributed by atoms with Gasteiger partial charge in [0.05, 0.1) is 23.1 Å². The van der Waals surface area contributed by atoms with E-state index in [0.717, 1.165) is 54.7 Å². The molecule has 1 saturated carbocycles. The maximum atomic E-state index is 14.2. The third-order valence-corrected chi connectivity index (χ3v) is 12.4. The van der Waals surface area contributed by atoms with Crippen LogP contribution in [0.4, 0.5) is 13.2 Å². The van der Waals surface area contributed by atoms with Gasteiger partial charge in [-0.25, -0.2) is 13.2 Å². The fraction of sp³-hybridized carbons (Fsp3) is 0.419. The number of hydrogen-bond acceptors (Lipinski definition) is 6. The number of rotatable bonds is 6. The zero-order valence-electron chi connectivity index (χ0n) is 24.0. The molecule has 2 aliphatic rings. The van der Waals surface area contributed by atoms with Crippen LogP contribution in [-0.2, 0) is 20.8 Å². The number of alkyl halides is 3. The molecular formula is C31H32BrF3N4O4S. The summed E-state index contributed by atoms with van der Waals surface area (Å²) in [6.07, 6.45) is -1.16. The number of fused-ring (bicyclic) bond motifs is 1. The minimum atomic E-state index is -4.55. The smallest absolute Gasteiger partial charge is 0.416 e. The second kappa shape index (κ2) is 11.6. The maximum Gasteiger partial charge on any atom is 0.416 e. The maximum absolute atomic E-state index is 14.2. The van der Waals surface area contributed by atoms with Gasteiger partial charge in [0.1, 0.15) is 4.75 Å². The van der Waals surface area contributed by atoms with Gasteiger partial charge in [0, 0.05) is 35.7 Å². The molecule has 8 nitrogen and oxygen atoms in total. The Morgan fingerprint density at radius 2 is 1.57 bits per heavy atom. The molecule has 1 saturated heterocycles. The van der Waals surface area contributed by atoms with E-state index in [-0.39, 0.29) is 22.7 Å². The van der Waals surface area contributed by atoms with Crippen molar-refractivity contribution in [2.45, 2.75) is 66.4 Å². The number of aromatic nitrogens is 3. The van der Waals surface area contributed by atoms with Crippen molar-refractivity contribution in [3.63, 3.8) is 0 Å². The van der Waals surface area contributed by atoms with Crippen molar-refractivity contribution in [3.05, 3.63) is 86.7 Å². The Balaban J connectivity index is 1.21. The number of H-pyrrole nitrogens is 1. The number of piperidine rings is 1. The van der Waals surface area contributed by atoms with Gasteiger partial charge in [-0.05, 0) is 86.6 Å². The van der Waals surface area contributed by atoms with Gasteiger partial charge in [0.25, 0.3) is 0 Å². The average molecular weight is 694 g/mol. The molecule has 2 aromatic carbocycles. The van der Waals surface area contributed by atoms with Gasteiger partial charge in [-0.1, -0.05) is 28.1 Å². The molecule has 4 aromatic rings. The van der Waals surface area contributed by atoms with Crippen molar-refractivity contribution in [1.82, 2.24) is 19.4 Å². The Hall–Kier alpha value is -3.16. The number of benzene rings is 2. The average Bonchev–Trinajstić information content (AvgIpc) is 3.35. The molecule has 0 atom stereocenters. The zero-order valence-corrected chi connectivity index (χ0v) is 26.4. The van der Waals surface area contributed by atoms with E-state index in [1.54, 1.807) is 41.0 Å². The van der Waals surface area contributed by atoms with E-state index in [9.17, 15) is 26.4 Å². The fourth-order valence-electron chi connectivity index (χ4n) is 6.89. The van der Waals surface area contributed by atoms with Crippen molar-refractivity contribution in [2.75, 3.05) is 20.2 Å². The molecule has 0 radical (unpaired) electrons. The molecule has 0 bridgehead atoms. The highest BCUT2D eigenvalue weighted by Crippen LogP contribution is 2.48. The van der Waals surface area contributed by atoms with E-state index >= 15 is 0 Å². The molecular weight excluding hydrogens is 661 g/mol. The number of sulfone groups is 1. The minimum absolute atomic E-state index is 0.0300. The number of likely N-dealkylation sites (tertiary alicyclic amines) is 1. The molecule has 1 aliphatic heterocycles. The van der Waals surface area contributed by atoms with Crippen LogP contribution in [0, 0.1) is 0 Å². The lowest BCUT2D eigenvalue weighted by atomic mass is 9.80. The van der Waals surface area contributed by atoms with Gasteiger partial charge in [0.15, 0.2) is 15.5 Å². The summed E-state index contributed by atoms with van der Waals surface area (Å²) in [5.41, 5.74) is 0.775. The topological polar surface area (TPSA) is 97.3 Å². The first kappa shape index (κ1) is 30.8. The monoisotopic (exact) mass is 692 g/mol. The van der Waals surface area contributed by atoms with E-state index in [2.05, 4.69) is 30.8 Å². The van der Waals surface area contributed by atoms with Gasteiger partial charge in [-0.2, -0.15) is 18.2 Å². The van der Waals surface area contributed by atoms with Crippen molar-refractivity contribution in [1.29, 1.82) is 0 Å². The second-order valence-corrected chi connectivity index (χ2v) is 14.7. The summed E-state index contributed by atoms with van der Waals surface area (Å²) in [7, 11) is -2.50. The van der Waals surface area contributed by atoms with Crippen molar-refractivity contribution >= 4 is 36.9 Å². The predicted octanol–water partition coefficient (Wildman–Crippen LogP) is 6.46. The summed E-state index contributed by atoms with van der Waals surface area (Å²) >= 11 is 3.42. The van der Waals surface area contributed by atoms with Crippen molar-refractivity contribution in [2.24, 2.45) is 0 Å². The number of aromatic amines is 1. The molecule has 2 aromatic heterocycles. The normalized spacial score (nSPS) is 22.3. The molecule has 0 spiro atoms. The summed E-state index contributed by atoms with van der Waals surface area (Å²) < 4.78 is 74.6. The Kier molecular flexibility index (Phi) is 8.16. The van der Waals surface area contributed by atoms with Gasteiger partial charge in [-0.15, -0.1) is 0 Å². The van der Waals surface area contributed by atoms with Crippen LogP contribution < -0.4 is 10.4 Å². The van der Waals surface area contributed by atoms with Crippen LogP contribution in [0.25, 0.3) is 11.2 Å². The molecule has 3 heterocycles. The van der Waals surface area contributed by atoms with E-state index in [1.165, 1.54) is 7.11 Å². The van der Waals surface area contributed by atoms with E-state index < -0.39 is 26.3 Å². The third kappa shape index (κ3) is 5.47. The lowest BCUT2D eigenvalue weighted by Crippen LogP contribution is -2.48. The number of methoxy groups -OCH3 is 1. The fourth-order valence-corrected chi connectivity index (χ4v) is 9.32. The number of ether oxygens (including phenoxy) is 1. The minimum Gasteiger partial charge on any atom is -0.481 e. The number of pyridine rings is 1. The molecule has 0 unspecified atom stereocenters. The summed E-state index contributed by atoms with van der Waals surface area (Å²) in [5, 5.41) is 0. The first-order chi connectivity index (χ1) is 20.9. The predicted molar refractivity (Wildman–Crippen MR) is 163 cm³/mol. The first-order valence-corrected chi connectivity index (χ1v) is 16.8. The van der Waals surface area contributed by atoms with Gasteiger partial charge in [0.2, 0.25) is 5.88 Å². The lowest BCUT2D eigenvalue weighted by Gasteiger charge is -2.45. The second-order valence-electron chi connectivity index (χ2n) is 11.6. The summed E-state index contributed by atoms with van der Waals surface area (Å²) in [6, 6.07) is 14.6. The molecule has 44 heavy (non-hydrogen) atoms. The molecule has 234 valence electrons. The number of nitrogens with zero attached hydrogens (tertiary/aromatic N) is 3. The Morgan fingerprint density at radius 3 is 2.16 bits per heavy atom. The summed E-state index contributed by atoms with van der Waals surface area (Å²) in [6.45, 7) is 1.49. The molecule has 13 heteroatoms. The van der Waals surface area contributed by atoms with Crippen molar-refractivity contribution < 1.29 is 26.3 Å². The standard InChI is InChI=1S/C31H32BrF3N4O4S/c1-43-27-11-10-26-28(37-27)39(29(40)36-26)24-14-18-38(19-15-24)23-12-16-30(17-13-23,20-2-6-22(32)7-3-20)44(41,42)25-8-4-21(5-9-25)31(33,34)35/h2-11,23-24H,12-19H2,1H3,(H,36,40). The van der Waals surface area contributed by atoms with Crippen molar-refractivity contribution in [3.8, 4) is 5.88 Å².